The van der Waals surface area contributed by atoms with Crippen LogP contribution in [0.15, 0.2) is 18.2 Å². The second-order valence-electron chi connectivity index (χ2n) is 3.12. The first-order valence-corrected chi connectivity index (χ1v) is 5.86. The molecule has 0 aliphatic heterocycles. The first-order valence-electron chi connectivity index (χ1n) is 4.70. The monoisotopic (exact) mass is 302 g/mol. The Bertz CT molecular complexity index is 495. The minimum atomic E-state index is -0.481. The van der Waals surface area contributed by atoms with Crippen LogP contribution >= 0.6 is 35.4 Å². The molecule has 1 amide bonds. The van der Waals surface area contributed by atoms with E-state index in [0.717, 1.165) is 0 Å². The van der Waals surface area contributed by atoms with Crippen LogP contribution in [0.25, 0.3) is 0 Å². The molecule has 0 aromatic heterocycles. The summed E-state index contributed by atoms with van der Waals surface area (Å²) in [6.45, 7) is 0. The van der Waals surface area contributed by atoms with Gasteiger partial charge in [-0.3, -0.25) is 15.6 Å². The van der Waals surface area contributed by atoms with Crippen molar-refractivity contribution in [1.82, 2.24) is 10.9 Å². The highest BCUT2D eigenvalue weighted by Crippen LogP contribution is 2.22. The fourth-order valence-corrected chi connectivity index (χ4v) is 1.73. The second kappa shape index (κ2) is 7.01. The zero-order valence-corrected chi connectivity index (χ0v) is 11.3. The largest absolute Gasteiger partial charge is 0.331 e. The van der Waals surface area contributed by atoms with Crippen molar-refractivity contribution in [2.24, 2.45) is 0 Å². The summed E-state index contributed by atoms with van der Waals surface area (Å²) >= 11 is 16.5. The third-order valence-corrected chi connectivity index (χ3v) is 2.32. The van der Waals surface area contributed by atoms with Crippen molar-refractivity contribution < 1.29 is 4.79 Å². The third-order valence-electron chi connectivity index (χ3n) is 1.68. The van der Waals surface area contributed by atoms with Crippen LogP contribution in [0.5, 0.6) is 0 Å². The van der Waals surface area contributed by atoms with Crippen molar-refractivity contribution >= 4 is 52.1 Å². The van der Waals surface area contributed by atoms with Gasteiger partial charge in [-0.2, -0.15) is 5.26 Å². The van der Waals surface area contributed by atoms with Gasteiger partial charge in [0.05, 0.1) is 6.07 Å². The number of rotatable bonds is 2. The Morgan fingerprint density at radius 3 is 2.44 bits per heavy atom. The summed E-state index contributed by atoms with van der Waals surface area (Å²) in [5.74, 6) is -0.481. The molecule has 0 saturated carbocycles. The molecule has 0 spiro atoms. The second-order valence-corrected chi connectivity index (χ2v) is 4.40. The molecule has 18 heavy (non-hydrogen) atoms. The van der Waals surface area contributed by atoms with Crippen molar-refractivity contribution in [3.05, 3.63) is 28.2 Å². The van der Waals surface area contributed by atoms with Crippen molar-refractivity contribution in [3.63, 3.8) is 0 Å². The van der Waals surface area contributed by atoms with Crippen LogP contribution in [-0.2, 0) is 4.79 Å². The Hall–Kier alpha value is -1.55. The molecule has 3 N–H and O–H groups in total. The number of carbonyl (C=O) groups is 1. The summed E-state index contributed by atoms with van der Waals surface area (Å²) in [5, 5.41) is 12.1. The predicted molar refractivity (Wildman–Crippen MR) is 74.2 cm³/mol. The normalized spacial score (nSPS) is 9.17. The van der Waals surface area contributed by atoms with Crippen molar-refractivity contribution in [2.75, 3.05) is 5.32 Å². The molecule has 0 heterocycles. The standard InChI is InChI=1S/C10H8Cl2N4OS/c11-6-3-7(12)5-8(4-6)14-10(18)16-15-9(17)1-2-13/h3-5H,1H2,(H,15,17)(H2,14,16,18). The van der Waals surface area contributed by atoms with E-state index >= 15 is 0 Å². The fourth-order valence-electron chi connectivity index (χ4n) is 1.03. The number of halogens is 2. The summed E-state index contributed by atoms with van der Waals surface area (Å²) in [7, 11) is 0. The lowest BCUT2D eigenvalue weighted by molar-refractivity contribution is -0.120. The Kier molecular flexibility index (Phi) is 5.65. The van der Waals surface area contributed by atoms with E-state index in [9.17, 15) is 4.79 Å². The van der Waals surface area contributed by atoms with Crippen molar-refractivity contribution in [3.8, 4) is 6.07 Å². The summed E-state index contributed by atoms with van der Waals surface area (Å²) < 4.78 is 0. The van der Waals surface area contributed by atoms with E-state index in [2.05, 4.69) is 16.2 Å². The molecule has 0 unspecified atom stereocenters. The number of anilines is 1. The number of amides is 1. The maximum atomic E-state index is 11.0. The van der Waals surface area contributed by atoms with E-state index in [-0.39, 0.29) is 11.5 Å². The van der Waals surface area contributed by atoms with Crippen LogP contribution < -0.4 is 16.2 Å². The summed E-state index contributed by atoms with van der Waals surface area (Å²) in [4.78, 5) is 11.0. The number of hydrogen-bond donors (Lipinski definition) is 3. The zero-order valence-electron chi connectivity index (χ0n) is 8.96. The molecular formula is C10H8Cl2N4OS. The number of hydrazine groups is 1. The molecule has 0 atom stereocenters. The molecule has 1 aromatic carbocycles. The van der Waals surface area contributed by atoms with Crippen molar-refractivity contribution in [1.29, 1.82) is 5.26 Å². The Balaban J connectivity index is 2.50. The van der Waals surface area contributed by atoms with Gasteiger partial charge in [-0.1, -0.05) is 23.2 Å². The Morgan fingerprint density at radius 2 is 1.89 bits per heavy atom. The molecule has 0 bridgehead atoms. The number of hydrogen-bond acceptors (Lipinski definition) is 3. The molecule has 0 aliphatic rings. The summed E-state index contributed by atoms with van der Waals surface area (Å²) in [6.07, 6.45) is -0.251. The van der Waals surface area contributed by atoms with Gasteiger partial charge in [-0.25, -0.2) is 0 Å². The fraction of sp³-hybridized carbons (Fsp3) is 0.100. The Morgan fingerprint density at radius 1 is 1.28 bits per heavy atom. The number of nitriles is 1. The number of nitrogens with one attached hydrogen (secondary N) is 3. The predicted octanol–water partition coefficient (Wildman–Crippen LogP) is 2.22. The van der Waals surface area contributed by atoms with Gasteiger partial charge >= 0.3 is 0 Å². The van der Waals surface area contributed by atoms with Gasteiger partial charge in [-0.15, -0.1) is 0 Å². The van der Waals surface area contributed by atoms with Gasteiger partial charge < -0.3 is 5.32 Å². The first-order chi connectivity index (χ1) is 8.51. The number of thiocarbonyl (C=S) groups is 1. The smallest absolute Gasteiger partial charge is 0.252 e. The molecule has 0 fully saturated rings. The van der Waals surface area contributed by atoms with Crippen LogP contribution in [-0.4, -0.2) is 11.0 Å². The maximum Gasteiger partial charge on any atom is 0.252 e. The molecule has 5 nitrogen and oxygen atoms in total. The SMILES string of the molecule is N#CCC(=O)NNC(=S)Nc1cc(Cl)cc(Cl)c1. The quantitative estimate of drug-likeness (QED) is 0.577. The van der Waals surface area contributed by atoms with E-state index in [1.54, 1.807) is 24.3 Å². The first kappa shape index (κ1) is 14.5. The van der Waals surface area contributed by atoms with Gasteiger partial charge in [0, 0.05) is 15.7 Å². The molecule has 94 valence electrons. The number of benzene rings is 1. The van der Waals surface area contributed by atoms with Crippen LogP contribution in [0.1, 0.15) is 6.42 Å². The maximum absolute atomic E-state index is 11.0. The molecule has 0 radical (unpaired) electrons. The van der Waals surface area contributed by atoms with E-state index in [4.69, 9.17) is 40.7 Å². The molecule has 1 aromatic rings. The molecule has 1 rings (SSSR count). The summed E-state index contributed by atoms with van der Waals surface area (Å²) in [5.41, 5.74) is 5.27. The average Bonchev–Trinajstić information content (AvgIpc) is 2.25. The highest BCUT2D eigenvalue weighted by Gasteiger charge is 2.03. The number of nitrogens with zero attached hydrogens (tertiary/aromatic N) is 1. The van der Waals surface area contributed by atoms with E-state index in [0.29, 0.717) is 15.7 Å². The topological polar surface area (TPSA) is 77.0 Å². The molecular weight excluding hydrogens is 295 g/mol. The van der Waals surface area contributed by atoms with Gasteiger partial charge in [0.25, 0.3) is 5.91 Å². The van der Waals surface area contributed by atoms with Crippen LogP contribution in [0, 0.1) is 11.3 Å². The van der Waals surface area contributed by atoms with Crippen molar-refractivity contribution in [2.45, 2.75) is 6.42 Å². The highest BCUT2D eigenvalue weighted by atomic mass is 35.5. The lowest BCUT2D eigenvalue weighted by Gasteiger charge is -2.11. The minimum absolute atomic E-state index is 0.152. The lowest BCUT2D eigenvalue weighted by Crippen LogP contribution is -2.43. The molecule has 8 heteroatoms. The van der Waals surface area contributed by atoms with E-state index in [1.165, 1.54) is 0 Å². The van der Waals surface area contributed by atoms with E-state index < -0.39 is 5.91 Å². The van der Waals surface area contributed by atoms with Crippen LogP contribution in [0.3, 0.4) is 0 Å². The highest BCUT2D eigenvalue weighted by molar-refractivity contribution is 7.80. The minimum Gasteiger partial charge on any atom is -0.331 e. The third kappa shape index (κ3) is 5.19. The van der Waals surface area contributed by atoms with Gasteiger partial charge in [0.2, 0.25) is 0 Å². The summed E-state index contributed by atoms with van der Waals surface area (Å²) in [6, 6.07) is 6.54. The van der Waals surface area contributed by atoms with Gasteiger partial charge in [0.1, 0.15) is 6.42 Å². The van der Waals surface area contributed by atoms with Gasteiger partial charge in [0.15, 0.2) is 5.11 Å². The molecule has 0 aliphatic carbocycles. The van der Waals surface area contributed by atoms with E-state index in [1.807, 2.05) is 0 Å². The molecule has 0 saturated heterocycles. The van der Waals surface area contributed by atoms with Crippen LogP contribution in [0.4, 0.5) is 5.69 Å². The van der Waals surface area contributed by atoms with Crippen LogP contribution in [0.2, 0.25) is 10.0 Å². The Labute approximate surface area is 119 Å². The van der Waals surface area contributed by atoms with Gasteiger partial charge in [-0.05, 0) is 30.4 Å². The number of carbonyl (C=O) groups excluding carboxylic acids is 1. The zero-order chi connectivity index (χ0) is 13.5. The average molecular weight is 303 g/mol. The lowest BCUT2D eigenvalue weighted by atomic mass is 10.3.